The van der Waals surface area contributed by atoms with Crippen molar-refractivity contribution in [2.45, 2.75) is 13.3 Å². The van der Waals surface area contributed by atoms with Crippen molar-refractivity contribution in [2.75, 3.05) is 6.54 Å². The predicted octanol–water partition coefficient (Wildman–Crippen LogP) is 5.26. The van der Waals surface area contributed by atoms with Gasteiger partial charge in [0.05, 0.1) is 11.4 Å². The molecular formula is C26H24BN3. The average Bonchev–Trinajstić information content (AvgIpc) is 3.37. The topological polar surface area (TPSA) is 43.3 Å². The van der Waals surface area contributed by atoms with Gasteiger partial charge < -0.3 is 10.2 Å². The van der Waals surface area contributed by atoms with Gasteiger partial charge in [0.2, 0.25) is 7.98 Å². The molecule has 2 aromatic carbocycles. The summed E-state index contributed by atoms with van der Waals surface area (Å²) in [5.41, 5.74) is 14.5. The minimum atomic E-state index is 0.547. The second-order valence-corrected chi connectivity index (χ2v) is 7.35. The number of benzene rings is 2. The molecule has 146 valence electrons. The van der Waals surface area contributed by atoms with Gasteiger partial charge in [-0.15, -0.1) is 0 Å². The van der Waals surface area contributed by atoms with Crippen molar-refractivity contribution in [1.82, 2.24) is 4.48 Å². The summed E-state index contributed by atoms with van der Waals surface area (Å²) in [6.45, 7) is 2.63. The molecule has 4 rings (SSSR count). The van der Waals surface area contributed by atoms with Gasteiger partial charge in [-0.25, -0.2) is 4.99 Å². The minimum Gasteiger partial charge on any atom is -0.403 e. The van der Waals surface area contributed by atoms with Crippen LogP contribution in [0.1, 0.15) is 24.6 Å². The molecule has 2 heterocycles. The average molecular weight is 389 g/mol. The van der Waals surface area contributed by atoms with Crippen molar-refractivity contribution in [3.8, 4) is 11.1 Å². The van der Waals surface area contributed by atoms with Crippen molar-refractivity contribution in [1.29, 1.82) is 0 Å². The van der Waals surface area contributed by atoms with Crippen molar-refractivity contribution < 1.29 is 0 Å². The Labute approximate surface area is 179 Å². The third-order valence-corrected chi connectivity index (χ3v) is 5.21. The Kier molecular flexibility index (Phi) is 5.96. The van der Waals surface area contributed by atoms with Crippen LogP contribution in [-0.4, -0.2) is 24.7 Å². The van der Waals surface area contributed by atoms with E-state index in [2.05, 4.69) is 73.7 Å². The first-order valence-corrected chi connectivity index (χ1v) is 10.1. The lowest BCUT2D eigenvalue weighted by Crippen LogP contribution is -2.05. The summed E-state index contributed by atoms with van der Waals surface area (Å²) >= 11 is 0. The van der Waals surface area contributed by atoms with Gasteiger partial charge in [-0.2, -0.15) is 0 Å². The molecule has 1 aliphatic rings. The van der Waals surface area contributed by atoms with Crippen molar-refractivity contribution in [2.24, 2.45) is 10.7 Å². The Balaban J connectivity index is 1.58. The van der Waals surface area contributed by atoms with E-state index in [0.29, 0.717) is 6.54 Å². The first kappa shape index (κ1) is 19.9. The highest BCUT2D eigenvalue weighted by molar-refractivity contribution is 6.11. The van der Waals surface area contributed by atoms with Crippen molar-refractivity contribution in [3.63, 3.8) is 0 Å². The Morgan fingerprint density at radius 1 is 0.967 bits per heavy atom. The van der Waals surface area contributed by atoms with Crippen LogP contribution < -0.4 is 5.73 Å². The van der Waals surface area contributed by atoms with E-state index in [4.69, 9.17) is 18.7 Å². The number of rotatable bonds is 6. The van der Waals surface area contributed by atoms with Gasteiger partial charge in [-0.1, -0.05) is 60.7 Å². The SMILES string of the molecule is [B]n1cccc1/C(CCN)=C1N=C(/C=C/c2ccc(-c3ccccc3)cc2)C=C\1C. The molecule has 3 nitrogen and oxygen atoms in total. The van der Waals surface area contributed by atoms with Gasteiger partial charge in [0.1, 0.15) is 0 Å². The molecule has 0 bridgehead atoms. The van der Waals surface area contributed by atoms with E-state index >= 15 is 0 Å². The second-order valence-electron chi connectivity index (χ2n) is 7.35. The predicted molar refractivity (Wildman–Crippen MR) is 128 cm³/mol. The number of nitrogens with two attached hydrogens (primary N) is 1. The first-order valence-electron chi connectivity index (χ1n) is 10.1. The smallest absolute Gasteiger partial charge is 0.234 e. The molecule has 30 heavy (non-hydrogen) atoms. The molecule has 4 heteroatoms. The number of aromatic nitrogens is 1. The van der Waals surface area contributed by atoms with Crippen LogP contribution >= 0.6 is 0 Å². The summed E-state index contributed by atoms with van der Waals surface area (Å²) in [4.78, 5) is 4.86. The van der Waals surface area contributed by atoms with Gasteiger partial charge in [0.25, 0.3) is 0 Å². The van der Waals surface area contributed by atoms with E-state index in [-0.39, 0.29) is 0 Å². The van der Waals surface area contributed by atoms with Crippen LogP contribution in [-0.2, 0) is 0 Å². The number of allylic oxidation sites excluding steroid dienone is 3. The van der Waals surface area contributed by atoms with Crippen LogP contribution in [0.3, 0.4) is 0 Å². The highest BCUT2D eigenvalue weighted by atomic mass is 14.9. The monoisotopic (exact) mass is 389 g/mol. The third-order valence-electron chi connectivity index (χ3n) is 5.21. The van der Waals surface area contributed by atoms with Crippen molar-refractivity contribution in [3.05, 3.63) is 108 Å². The van der Waals surface area contributed by atoms with Crippen LogP contribution in [0.2, 0.25) is 0 Å². The lowest BCUT2D eigenvalue weighted by atomic mass is 10.0. The molecule has 0 fully saturated rings. The minimum absolute atomic E-state index is 0.547. The quantitative estimate of drug-likeness (QED) is 0.574. The second kappa shape index (κ2) is 8.97. The normalized spacial score (nSPS) is 15.4. The zero-order valence-corrected chi connectivity index (χ0v) is 17.1. The zero-order valence-electron chi connectivity index (χ0n) is 17.1. The van der Waals surface area contributed by atoms with E-state index in [0.717, 1.165) is 40.2 Å². The van der Waals surface area contributed by atoms with Gasteiger partial charge in [-0.3, -0.25) is 0 Å². The molecule has 1 aliphatic heterocycles. The van der Waals surface area contributed by atoms with Gasteiger partial charge in [0, 0.05) is 11.3 Å². The van der Waals surface area contributed by atoms with E-state index in [1.165, 1.54) is 11.1 Å². The highest BCUT2D eigenvalue weighted by Crippen LogP contribution is 2.31. The van der Waals surface area contributed by atoms with Crippen molar-refractivity contribution >= 4 is 25.3 Å². The van der Waals surface area contributed by atoms with Gasteiger partial charge in [-0.05, 0) is 72.6 Å². The van der Waals surface area contributed by atoms with Gasteiger partial charge >= 0.3 is 0 Å². The number of hydrogen-bond acceptors (Lipinski definition) is 2. The maximum Gasteiger partial charge on any atom is 0.234 e. The lowest BCUT2D eigenvalue weighted by Gasteiger charge is -2.11. The standard InChI is InChI=1S/C26H24BN3/c1-19-18-23(29-26(19)24(15-16-28)25-8-5-17-30(25)27)14-11-20-9-12-22(13-10-20)21-6-3-2-4-7-21/h2-14,17-18H,15-16,28H2,1H3/b14-11+,26-24-. The number of nitrogens with zero attached hydrogens (tertiary/aromatic N) is 2. The van der Waals surface area contributed by atoms with Crippen LogP contribution in [0.4, 0.5) is 0 Å². The fraction of sp³-hybridized carbons (Fsp3) is 0.115. The molecule has 0 amide bonds. The molecule has 0 atom stereocenters. The number of hydrogen-bond donors (Lipinski definition) is 1. The fourth-order valence-electron chi connectivity index (χ4n) is 3.69. The molecule has 0 spiro atoms. The fourth-order valence-corrected chi connectivity index (χ4v) is 3.69. The molecule has 0 unspecified atom stereocenters. The summed E-state index contributed by atoms with van der Waals surface area (Å²) in [6, 6.07) is 22.9. The molecule has 0 aliphatic carbocycles. The van der Waals surface area contributed by atoms with E-state index in [1.54, 1.807) is 4.48 Å². The first-order chi connectivity index (χ1) is 14.7. The summed E-state index contributed by atoms with van der Waals surface area (Å²) in [5.74, 6) is 0. The van der Waals surface area contributed by atoms with Crippen LogP contribution in [0.15, 0.2) is 101 Å². The Bertz CT molecular complexity index is 1150. The Hall–Kier alpha value is -3.37. The summed E-state index contributed by atoms with van der Waals surface area (Å²) < 4.78 is 1.63. The zero-order chi connectivity index (χ0) is 20.9. The number of aliphatic imine (C=N–C) groups is 1. The molecule has 1 aromatic heterocycles. The maximum absolute atomic E-state index is 6.07. The van der Waals surface area contributed by atoms with Crippen LogP contribution in [0, 0.1) is 0 Å². The summed E-state index contributed by atoms with van der Waals surface area (Å²) in [6.07, 6.45) is 8.81. The molecule has 2 radical (unpaired) electrons. The Morgan fingerprint density at radius 2 is 1.70 bits per heavy atom. The summed E-state index contributed by atoms with van der Waals surface area (Å²) in [5, 5.41) is 0. The molecule has 2 N–H and O–H groups in total. The lowest BCUT2D eigenvalue weighted by molar-refractivity contribution is 0.997. The highest BCUT2D eigenvalue weighted by Gasteiger charge is 2.16. The maximum atomic E-state index is 6.07. The molecular weight excluding hydrogens is 365 g/mol. The third kappa shape index (κ3) is 4.29. The van der Waals surface area contributed by atoms with Gasteiger partial charge in [0.15, 0.2) is 0 Å². The summed E-state index contributed by atoms with van der Waals surface area (Å²) in [7, 11) is 6.07. The van der Waals surface area contributed by atoms with Crippen LogP contribution in [0.5, 0.6) is 0 Å². The molecule has 0 saturated carbocycles. The Morgan fingerprint density at radius 3 is 2.37 bits per heavy atom. The van der Waals surface area contributed by atoms with E-state index < -0.39 is 0 Å². The van der Waals surface area contributed by atoms with Crippen LogP contribution in [0.25, 0.3) is 22.8 Å². The molecule has 0 saturated heterocycles. The van der Waals surface area contributed by atoms with E-state index in [9.17, 15) is 0 Å². The largest absolute Gasteiger partial charge is 0.403 e. The molecule has 3 aromatic rings. The van der Waals surface area contributed by atoms with E-state index in [1.807, 2.05) is 24.4 Å².